The number of carbonyl (C=O) groups is 3. The molecule has 3 rings (SSSR count). The van der Waals surface area contributed by atoms with Gasteiger partial charge in [0.15, 0.2) is 0 Å². The van der Waals surface area contributed by atoms with E-state index in [0.29, 0.717) is 12.4 Å². The van der Waals surface area contributed by atoms with Crippen molar-refractivity contribution in [1.82, 2.24) is 14.7 Å². The van der Waals surface area contributed by atoms with E-state index in [9.17, 15) is 14.4 Å². The highest BCUT2D eigenvalue weighted by Crippen LogP contribution is 2.24. The van der Waals surface area contributed by atoms with Crippen LogP contribution in [0.3, 0.4) is 0 Å². The first kappa shape index (κ1) is 26.7. The number of amides is 2. The zero-order valence-electron chi connectivity index (χ0n) is 21.0. The number of unbranched alkanes of at least 4 members (excludes halogenated alkanes) is 2. The summed E-state index contributed by atoms with van der Waals surface area (Å²) in [4.78, 5) is 39.1. The first-order valence-electron chi connectivity index (χ1n) is 12.5. The Morgan fingerprint density at radius 2 is 1.64 bits per heavy atom. The number of rotatable bonds is 13. The van der Waals surface area contributed by atoms with Crippen LogP contribution in [0.25, 0.3) is 16.9 Å². The van der Waals surface area contributed by atoms with Gasteiger partial charge >= 0.3 is 5.97 Å². The van der Waals surface area contributed by atoms with Gasteiger partial charge in [-0.2, -0.15) is 5.10 Å². The number of nitrogens with one attached hydrogen (secondary N) is 1. The highest BCUT2D eigenvalue weighted by atomic mass is 16.5. The Morgan fingerprint density at radius 1 is 0.944 bits per heavy atom. The molecule has 3 aromatic rings. The predicted molar refractivity (Wildman–Crippen MR) is 140 cm³/mol. The second-order valence-corrected chi connectivity index (χ2v) is 8.40. The minimum Gasteiger partial charge on any atom is -0.466 e. The molecule has 36 heavy (non-hydrogen) atoms. The molecule has 8 nitrogen and oxygen atoms in total. The van der Waals surface area contributed by atoms with Crippen molar-refractivity contribution in [1.29, 1.82) is 0 Å². The second-order valence-electron chi connectivity index (χ2n) is 8.40. The van der Waals surface area contributed by atoms with Crippen LogP contribution in [0.5, 0.6) is 0 Å². The van der Waals surface area contributed by atoms with Crippen LogP contribution >= 0.6 is 0 Å². The molecule has 0 atom stereocenters. The van der Waals surface area contributed by atoms with Crippen molar-refractivity contribution < 1.29 is 19.1 Å². The lowest BCUT2D eigenvalue weighted by Crippen LogP contribution is -2.39. The molecule has 0 unspecified atom stereocenters. The van der Waals surface area contributed by atoms with Crippen molar-refractivity contribution in [3.63, 3.8) is 0 Å². The summed E-state index contributed by atoms with van der Waals surface area (Å²) in [5.41, 5.74) is 2.46. The second kappa shape index (κ2) is 13.8. The van der Waals surface area contributed by atoms with Crippen molar-refractivity contribution in [2.24, 2.45) is 0 Å². The molecule has 0 aliphatic carbocycles. The first-order valence-corrected chi connectivity index (χ1v) is 12.5. The molecule has 0 aliphatic rings. The lowest BCUT2D eigenvalue weighted by molar-refractivity contribution is -0.145. The number of aromatic nitrogens is 2. The van der Waals surface area contributed by atoms with Gasteiger partial charge in [0.2, 0.25) is 11.8 Å². The summed E-state index contributed by atoms with van der Waals surface area (Å²) in [6, 6.07) is 21.1. The maximum absolute atomic E-state index is 13.1. The lowest BCUT2D eigenvalue weighted by Gasteiger charge is -2.22. The number of hydrogen-bond donors (Lipinski definition) is 1. The van der Waals surface area contributed by atoms with Gasteiger partial charge in [-0.25, -0.2) is 4.68 Å². The SMILES string of the molecule is CCCCCN(CC(=O)Nc1cc(-c2ccccc2)nn1-c1ccccc1)C(=O)CCC(=O)OCC. The average molecular weight is 491 g/mol. The Morgan fingerprint density at radius 3 is 2.31 bits per heavy atom. The summed E-state index contributed by atoms with van der Waals surface area (Å²) >= 11 is 0. The van der Waals surface area contributed by atoms with E-state index in [-0.39, 0.29) is 37.8 Å². The van der Waals surface area contributed by atoms with Gasteiger partial charge in [-0.3, -0.25) is 14.4 Å². The minimum atomic E-state index is -0.413. The third kappa shape index (κ3) is 7.80. The Bertz CT molecular complexity index is 1130. The van der Waals surface area contributed by atoms with Crippen LogP contribution in [0, 0.1) is 0 Å². The van der Waals surface area contributed by atoms with Crippen LogP contribution in [0.15, 0.2) is 66.7 Å². The lowest BCUT2D eigenvalue weighted by atomic mass is 10.1. The summed E-state index contributed by atoms with van der Waals surface area (Å²) in [5.74, 6) is -0.468. The van der Waals surface area contributed by atoms with Crippen molar-refractivity contribution in [2.75, 3.05) is 25.0 Å². The van der Waals surface area contributed by atoms with Gasteiger partial charge in [0.05, 0.1) is 31.0 Å². The summed E-state index contributed by atoms with van der Waals surface area (Å²) in [6.45, 7) is 4.43. The van der Waals surface area contributed by atoms with Gasteiger partial charge in [-0.05, 0) is 25.5 Å². The zero-order chi connectivity index (χ0) is 25.8. The Labute approximate surface area is 212 Å². The molecule has 190 valence electrons. The third-order valence-corrected chi connectivity index (χ3v) is 5.61. The summed E-state index contributed by atoms with van der Waals surface area (Å²) in [7, 11) is 0. The van der Waals surface area contributed by atoms with E-state index in [1.807, 2.05) is 66.7 Å². The number of anilines is 1. The van der Waals surface area contributed by atoms with E-state index in [1.54, 1.807) is 11.6 Å². The number of carbonyl (C=O) groups excluding carboxylic acids is 3. The Hall–Kier alpha value is -3.94. The summed E-state index contributed by atoms with van der Waals surface area (Å²) in [5, 5.41) is 7.65. The number of hydrogen-bond acceptors (Lipinski definition) is 5. The molecule has 0 aliphatic heterocycles. The number of ether oxygens (including phenoxy) is 1. The molecule has 1 N–H and O–H groups in total. The smallest absolute Gasteiger partial charge is 0.306 e. The van der Waals surface area contributed by atoms with Gasteiger partial charge in [0.1, 0.15) is 5.82 Å². The molecule has 0 saturated carbocycles. The molecule has 0 radical (unpaired) electrons. The van der Waals surface area contributed by atoms with Gasteiger partial charge in [-0.1, -0.05) is 68.3 Å². The standard InChI is InChI=1S/C28H34N4O4/c1-3-5-12-19-31(27(34)17-18-28(35)36-4-2)21-26(33)29-25-20-24(22-13-8-6-9-14-22)30-32(25)23-15-10-7-11-16-23/h6-11,13-16,20H,3-5,12,17-19,21H2,1-2H3,(H,29,33). The van der Waals surface area contributed by atoms with Crippen LogP contribution in [0.2, 0.25) is 0 Å². The topological polar surface area (TPSA) is 93.5 Å². The molecule has 0 spiro atoms. The van der Waals surface area contributed by atoms with E-state index in [4.69, 9.17) is 9.84 Å². The van der Waals surface area contributed by atoms with Gasteiger partial charge in [0, 0.05) is 24.6 Å². The number of esters is 1. The normalized spacial score (nSPS) is 10.6. The van der Waals surface area contributed by atoms with Crippen LogP contribution < -0.4 is 5.32 Å². The van der Waals surface area contributed by atoms with Gasteiger partial charge in [0.25, 0.3) is 0 Å². The summed E-state index contributed by atoms with van der Waals surface area (Å²) in [6.07, 6.45) is 2.74. The van der Waals surface area contributed by atoms with Crippen molar-refractivity contribution in [2.45, 2.75) is 46.0 Å². The van der Waals surface area contributed by atoms with E-state index in [2.05, 4.69) is 12.2 Å². The molecule has 0 bridgehead atoms. The molecule has 2 amide bonds. The van der Waals surface area contributed by atoms with Crippen molar-refractivity contribution >= 4 is 23.6 Å². The molecule has 0 saturated heterocycles. The monoisotopic (exact) mass is 490 g/mol. The number of benzene rings is 2. The molecule has 0 fully saturated rings. The molecule has 8 heteroatoms. The fourth-order valence-electron chi connectivity index (χ4n) is 3.79. The maximum atomic E-state index is 13.1. The maximum Gasteiger partial charge on any atom is 0.306 e. The van der Waals surface area contributed by atoms with Crippen molar-refractivity contribution in [3.8, 4) is 16.9 Å². The molecule has 2 aromatic carbocycles. The third-order valence-electron chi connectivity index (χ3n) is 5.61. The van der Waals surface area contributed by atoms with Crippen LogP contribution in [0.4, 0.5) is 5.82 Å². The number of nitrogens with zero attached hydrogens (tertiary/aromatic N) is 3. The molecular weight excluding hydrogens is 456 g/mol. The average Bonchev–Trinajstić information content (AvgIpc) is 3.31. The van der Waals surface area contributed by atoms with Gasteiger partial charge in [-0.15, -0.1) is 0 Å². The zero-order valence-corrected chi connectivity index (χ0v) is 21.0. The molecule has 1 aromatic heterocycles. The van der Waals surface area contributed by atoms with E-state index in [0.717, 1.165) is 36.2 Å². The highest BCUT2D eigenvalue weighted by molar-refractivity contribution is 5.95. The fourth-order valence-corrected chi connectivity index (χ4v) is 3.79. The number of para-hydroxylation sites is 1. The van der Waals surface area contributed by atoms with Crippen LogP contribution in [0.1, 0.15) is 46.0 Å². The summed E-state index contributed by atoms with van der Waals surface area (Å²) < 4.78 is 6.61. The largest absolute Gasteiger partial charge is 0.466 e. The van der Waals surface area contributed by atoms with Crippen LogP contribution in [-0.4, -0.2) is 52.2 Å². The van der Waals surface area contributed by atoms with Gasteiger partial charge < -0.3 is 15.0 Å². The van der Waals surface area contributed by atoms with E-state index in [1.165, 1.54) is 4.90 Å². The fraction of sp³-hybridized carbons (Fsp3) is 0.357. The highest BCUT2D eigenvalue weighted by Gasteiger charge is 2.20. The quantitative estimate of drug-likeness (QED) is 0.273. The predicted octanol–water partition coefficient (Wildman–Crippen LogP) is 4.84. The molecule has 1 heterocycles. The Kier molecular flexibility index (Phi) is 10.2. The van der Waals surface area contributed by atoms with Crippen LogP contribution in [-0.2, 0) is 19.1 Å². The van der Waals surface area contributed by atoms with E-state index < -0.39 is 5.97 Å². The van der Waals surface area contributed by atoms with E-state index >= 15 is 0 Å². The Balaban J connectivity index is 1.76. The first-order chi connectivity index (χ1) is 17.5. The minimum absolute atomic E-state index is 0.000215. The van der Waals surface area contributed by atoms with Crippen molar-refractivity contribution in [3.05, 3.63) is 66.7 Å². The molecular formula is C28H34N4O4.